The van der Waals surface area contributed by atoms with Gasteiger partial charge < -0.3 is 9.64 Å². The highest BCUT2D eigenvalue weighted by molar-refractivity contribution is 5.78. The van der Waals surface area contributed by atoms with Crippen LogP contribution in [0.25, 0.3) is 0 Å². The first kappa shape index (κ1) is 18.5. The van der Waals surface area contributed by atoms with E-state index in [-0.39, 0.29) is 17.8 Å². The van der Waals surface area contributed by atoms with Gasteiger partial charge in [0, 0.05) is 25.2 Å². The molecule has 2 heterocycles. The first-order chi connectivity index (χ1) is 11.3. The van der Waals surface area contributed by atoms with Crippen LogP contribution in [0.4, 0.5) is 0 Å². The van der Waals surface area contributed by atoms with Crippen molar-refractivity contribution >= 4 is 11.9 Å². The second-order valence-corrected chi connectivity index (χ2v) is 7.30. The first-order valence-corrected chi connectivity index (χ1v) is 8.64. The molecule has 0 unspecified atom stereocenters. The third kappa shape index (κ3) is 3.79. The van der Waals surface area contributed by atoms with Gasteiger partial charge in [-0.2, -0.15) is 5.10 Å². The number of rotatable bonds is 5. The largest absolute Gasteiger partial charge is 0.469 e. The number of methoxy groups -OCH3 is 1. The molecule has 1 fully saturated rings. The van der Waals surface area contributed by atoms with Gasteiger partial charge in [-0.05, 0) is 58.4 Å². The highest BCUT2D eigenvalue weighted by Gasteiger charge is 2.40. The van der Waals surface area contributed by atoms with Crippen molar-refractivity contribution in [3.8, 4) is 0 Å². The molecule has 1 aromatic rings. The van der Waals surface area contributed by atoms with Gasteiger partial charge in [-0.1, -0.05) is 0 Å². The van der Waals surface area contributed by atoms with Crippen molar-refractivity contribution in [3.05, 3.63) is 17.0 Å². The lowest BCUT2D eigenvalue weighted by Crippen LogP contribution is -2.47. The van der Waals surface area contributed by atoms with Gasteiger partial charge in [0.1, 0.15) is 0 Å². The molecule has 6 heteroatoms. The zero-order valence-corrected chi connectivity index (χ0v) is 15.4. The summed E-state index contributed by atoms with van der Waals surface area (Å²) in [4.78, 5) is 26.5. The predicted octanol–water partition coefficient (Wildman–Crippen LogP) is 2.40. The van der Waals surface area contributed by atoms with Gasteiger partial charge in [-0.3, -0.25) is 14.7 Å². The van der Waals surface area contributed by atoms with Crippen LogP contribution in [0, 0.1) is 25.2 Å². The number of H-pyrrole nitrogens is 1. The molecule has 1 aliphatic heterocycles. The molecule has 1 amide bonds. The number of aryl methyl sites for hydroxylation is 2. The lowest BCUT2D eigenvalue weighted by molar-refractivity contribution is -0.156. The van der Waals surface area contributed by atoms with E-state index in [9.17, 15) is 9.59 Å². The molecule has 2 rings (SSSR count). The lowest BCUT2D eigenvalue weighted by Gasteiger charge is -2.39. The fourth-order valence-electron chi connectivity index (χ4n) is 3.55. The highest BCUT2D eigenvalue weighted by Crippen LogP contribution is 2.35. The van der Waals surface area contributed by atoms with Gasteiger partial charge in [-0.25, -0.2) is 0 Å². The minimum atomic E-state index is -0.564. The third-order valence-electron chi connectivity index (χ3n) is 5.38. The van der Waals surface area contributed by atoms with Crippen molar-refractivity contribution in [2.24, 2.45) is 11.3 Å². The van der Waals surface area contributed by atoms with Crippen molar-refractivity contribution in [2.45, 2.75) is 53.4 Å². The summed E-state index contributed by atoms with van der Waals surface area (Å²) in [5.41, 5.74) is 2.56. The molecule has 0 radical (unpaired) electrons. The molecule has 1 aliphatic rings. The number of aromatic nitrogens is 2. The Balaban J connectivity index is 1.96. The zero-order valence-electron chi connectivity index (χ0n) is 15.4. The topological polar surface area (TPSA) is 75.3 Å². The van der Waals surface area contributed by atoms with Crippen LogP contribution >= 0.6 is 0 Å². The number of likely N-dealkylation sites (tertiary alicyclic amines) is 1. The first-order valence-electron chi connectivity index (χ1n) is 8.64. The summed E-state index contributed by atoms with van der Waals surface area (Å²) < 4.78 is 4.93. The molecule has 134 valence electrons. The fraction of sp³-hybridized carbons (Fsp3) is 0.722. The van der Waals surface area contributed by atoms with Gasteiger partial charge >= 0.3 is 5.97 Å². The molecule has 6 nitrogen and oxygen atoms in total. The van der Waals surface area contributed by atoms with E-state index in [2.05, 4.69) is 10.2 Å². The molecular formula is C18H29N3O3. The SMILES string of the molecule is COC(=O)C(C)(C)[C@H]1CCCN(C(=O)CCc2c(C)n[nH]c2C)C1. The Hall–Kier alpha value is -1.85. The molecule has 1 aromatic heterocycles. The molecule has 0 spiro atoms. The number of nitrogens with zero attached hydrogens (tertiary/aromatic N) is 2. The van der Waals surface area contributed by atoms with Crippen LogP contribution in [0.2, 0.25) is 0 Å². The number of amides is 1. The summed E-state index contributed by atoms with van der Waals surface area (Å²) in [6, 6.07) is 0. The Labute approximate surface area is 143 Å². The number of esters is 1. The van der Waals surface area contributed by atoms with Crippen molar-refractivity contribution < 1.29 is 14.3 Å². The Morgan fingerprint density at radius 2 is 2.08 bits per heavy atom. The van der Waals surface area contributed by atoms with E-state index in [0.29, 0.717) is 19.4 Å². The number of piperidine rings is 1. The van der Waals surface area contributed by atoms with Crippen LogP contribution in [0.15, 0.2) is 0 Å². The maximum atomic E-state index is 12.6. The van der Waals surface area contributed by atoms with Crippen molar-refractivity contribution in [1.82, 2.24) is 15.1 Å². The number of carbonyl (C=O) groups excluding carboxylic acids is 2. The smallest absolute Gasteiger partial charge is 0.311 e. The quantitative estimate of drug-likeness (QED) is 0.839. The summed E-state index contributed by atoms with van der Waals surface area (Å²) in [6.07, 6.45) is 3.06. The minimum absolute atomic E-state index is 0.139. The summed E-state index contributed by atoms with van der Waals surface area (Å²) >= 11 is 0. The van der Waals surface area contributed by atoms with E-state index in [4.69, 9.17) is 4.74 Å². The van der Waals surface area contributed by atoms with Crippen LogP contribution in [0.5, 0.6) is 0 Å². The van der Waals surface area contributed by atoms with Gasteiger partial charge in [-0.15, -0.1) is 0 Å². The average Bonchev–Trinajstić information content (AvgIpc) is 2.90. The maximum absolute atomic E-state index is 12.6. The third-order valence-corrected chi connectivity index (χ3v) is 5.38. The van der Waals surface area contributed by atoms with Gasteiger partial charge in [0.2, 0.25) is 5.91 Å². The highest BCUT2D eigenvalue weighted by atomic mass is 16.5. The fourth-order valence-corrected chi connectivity index (χ4v) is 3.55. The van der Waals surface area contributed by atoms with Gasteiger partial charge in [0.25, 0.3) is 0 Å². The Morgan fingerprint density at radius 1 is 1.38 bits per heavy atom. The standard InChI is InChI=1S/C18H29N3O3/c1-12-15(13(2)20-19-12)8-9-16(22)21-10-6-7-14(11-21)18(3,4)17(23)24-5/h14H,6-11H2,1-5H3,(H,19,20)/t14-/m0/s1. The van der Waals surface area contributed by atoms with E-state index in [1.54, 1.807) is 0 Å². The minimum Gasteiger partial charge on any atom is -0.469 e. The summed E-state index contributed by atoms with van der Waals surface area (Å²) in [7, 11) is 1.42. The van der Waals surface area contributed by atoms with Crippen LogP contribution in [-0.4, -0.2) is 47.2 Å². The van der Waals surface area contributed by atoms with Crippen molar-refractivity contribution in [2.75, 3.05) is 20.2 Å². The Kier molecular flexibility index (Phi) is 5.67. The van der Waals surface area contributed by atoms with E-state index in [0.717, 1.165) is 36.3 Å². The number of carbonyl (C=O) groups is 2. The number of aromatic amines is 1. The van der Waals surface area contributed by atoms with E-state index in [1.807, 2.05) is 32.6 Å². The molecule has 1 N–H and O–H groups in total. The van der Waals surface area contributed by atoms with Crippen LogP contribution in [0.3, 0.4) is 0 Å². The summed E-state index contributed by atoms with van der Waals surface area (Å²) in [6.45, 7) is 9.17. The normalized spacial score (nSPS) is 18.5. The number of hydrogen-bond donors (Lipinski definition) is 1. The second kappa shape index (κ2) is 7.36. The zero-order chi connectivity index (χ0) is 17.9. The molecule has 0 aromatic carbocycles. The van der Waals surface area contributed by atoms with E-state index >= 15 is 0 Å². The molecule has 0 aliphatic carbocycles. The number of ether oxygens (including phenoxy) is 1. The number of hydrogen-bond acceptors (Lipinski definition) is 4. The van der Waals surface area contributed by atoms with Gasteiger partial charge in [0.05, 0.1) is 18.2 Å². The van der Waals surface area contributed by atoms with Crippen LogP contribution in [0.1, 0.15) is 50.1 Å². The predicted molar refractivity (Wildman–Crippen MR) is 91.5 cm³/mol. The Morgan fingerprint density at radius 3 is 2.67 bits per heavy atom. The van der Waals surface area contributed by atoms with E-state index < -0.39 is 5.41 Å². The van der Waals surface area contributed by atoms with Gasteiger partial charge in [0.15, 0.2) is 0 Å². The average molecular weight is 335 g/mol. The summed E-state index contributed by atoms with van der Waals surface area (Å²) in [5, 5.41) is 7.14. The molecule has 1 saturated heterocycles. The lowest BCUT2D eigenvalue weighted by atomic mass is 9.74. The van der Waals surface area contributed by atoms with Crippen molar-refractivity contribution in [1.29, 1.82) is 0 Å². The summed E-state index contributed by atoms with van der Waals surface area (Å²) in [5.74, 6) is 0.0897. The molecule has 24 heavy (non-hydrogen) atoms. The maximum Gasteiger partial charge on any atom is 0.311 e. The second-order valence-electron chi connectivity index (χ2n) is 7.30. The molecule has 1 atom stereocenters. The van der Waals surface area contributed by atoms with E-state index in [1.165, 1.54) is 7.11 Å². The van der Waals surface area contributed by atoms with Crippen LogP contribution < -0.4 is 0 Å². The molecular weight excluding hydrogens is 306 g/mol. The Bertz CT molecular complexity index is 587. The number of nitrogens with one attached hydrogen (secondary N) is 1. The molecule has 0 saturated carbocycles. The molecule has 0 bridgehead atoms. The monoisotopic (exact) mass is 335 g/mol. The van der Waals surface area contributed by atoms with Crippen LogP contribution in [-0.2, 0) is 20.7 Å². The van der Waals surface area contributed by atoms with Crippen molar-refractivity contribution in [3.63, 3.8) is 0 Å².